The number of amides is 2. The Morgan fingerprint density at radius 3 is 1.32 bits per heavy atom. The second kappa shape index (κ2) is 26.2. The fourth-order valence-corrected chi connectivity index (χ4v) is 5.96. The molecule has 0 saturated carbocycles. The topological polar surface area (TPSA) is 358 Å². The molecule has 10 atom stereocenters. The van der Waals surface area contributed by atoms with Gasteiger partial charge in [0.15, 0.2) is 0 Å². The molecule has 0 spiro atoms. The summed E-state index contributed by atoms with van der Waals surface area (Å²) in [5.74, 6) is -3.71. The first-order valence-electron chi connectivity index (χ1n) is 18.2. The standard InChI is InChI=1S/C34H58N6O16.Mn/c1-38-9-11-39(21(33(53)54)5-7-27(47)35-13-23(43)29(49)31(51)25(45)17-41)15-19-3-2-4-20(37-19)16-40(12-10-38)22(34(55)56)6-8-28(48)36-14-24(44)30(50)32(52)26(46)18-42;/h2-4,21-26,29-32,41-46,49-52H,5-18H2,1H3,(H,35,47)(H,36,48)(H,53,54)(H,55,56);/t21-,22-,23+,24+,25-,26-,29-,30-,31-,32-;/m1./s1. The number of aliphatic hydroxyl groups excluding tert-OH is 10. The van der Waals surface area contributed by atoms with Crippen molar-refractivity contribution in [3.8, 4) is 0 Å². The molecule has 0 aromatic carbocycles. The Hall–Kier alpha value is -2.97. The van der Waals surface area contributed by atoms with Crippen LogP contribution >= 0.6 is 0 Å². The average molecular weight is 862 g/mol. The number of carbonyl (C=O) groups is 4. The molecule has 1 aromatic heterocycles. The number of pyridine rings is 1. The number of aliphatic hydroxyl groups is 10. The van der Waals surface area contributed by atoms with Crippen molar-refractivity contribution in [2.75, 3.05) is 59.5 Å². The molecule has 14 N–H and O–H groups in total. The van der Waals surface area contributed by atoms with Gasteiger partial charge in [0.05, 0.1) is 36.8 Å². The van der Waals surface area contributed by atoms with Gasteiger partial charge in [-0.2, -0.15) is 0 Å². The summed E-state index contributed by atoms with van der Waals surface area (Å²) in [4.78, 5) is 60.0. The van der Waals surface area contributed by atoms with Crippen LogP contribution in [0.3, 0.4) is 0 Å². The summed E-state index contributed by atoms with van der Waals surface area (Å²) in [7, 11) is 1.76. The minimum absolute atomic E-state index is 0. The van der Waals surface area contributed by atoms with Gasteiger partial charge in [-0.1, -0.05) is 6.07 Å². The number of aliphatic carboxylic acids is 2. The van der Waals surface area contributed by atoms with E-state index in [9.17, 15) is 70.2 Å². The summed E-state index contributed by atoms with van der Waals surface area (Å²) in [6.45, 7) is -1.62. The quantitative estimate of drug-likeness (QED) is 0.0482. The molecular formula is C34H58MnN6O16. The summed E-state index contributed by atoms with van der Waals surface area (Å²) in [6, 6.07) is 2.72. The van der Waals surface area contributed by atoms with E-state index in [0.717, 1.165) is 0 Å². The van der Waals surface area contributed by atoms with Crippen molar-refractivity contribution in [2.24, 2.45) is 0 Å². The van der Waals surface area contributed by atoms with Crippen LogP contribution in [0.4, 0.5) is 0 Å². The molecule has 23 heteroatoms. The van der Waals surface area contributed by atoms with Crippen molar-refractivity contribution in [1.82, 2.24) is 30.3 Å². The number of hydrogen-bond donors (Lipinski definition) is 14. The Kier molecular flexibility index (Phi) is 23.9. The Morgan fingerprint density at radius 1 is 0.632 bits per heavy atom. The summed E-state index contributed by atoms with van der Waals surface area (Å²) in [6.07, 6.45) is -15.2. The number of fused-ring (bicyclic) bond motifs is 2. The third-order valence-corrected chi connectivity index (χ3v) is 9.54. The molecule has 2 bridgehead atoms. The molecular weight excluding hydrogens is 803 g/mol. The van der Waals surface area contributed by atoms with E-state index in [4.69, 9.17) is 10.2 Å². The normalized spacial score (nSPS) is 20.1. The number of hydrogen-bond acceptors (Lipinski definition) is 18. The monoisotopic (exact) mass is 861 g/mol. The van der Waals surface area contributed by atoms with Crippen LogP contribution in [0.15, 0.2) is 18.2 Å². The number of nitrogens with one attached hydrogen (secondary N) is 2. The van der Waals surface area contributed by atoms with E-state index in [1.165, 1.54) is 0 Å². The first-order valence-corrected chi connectivity index (χ1v) is 18.2. The molecule has 57 heavy (non-hydrogen) atoms. The average Bonchev–Trinajstić information content (AvgIpc) is 3.17. The van der Waals surface area contributed by atoms with E-state index in [1.807, 2.05) is 4.90 Å². The maximum absolute atomic E-state index is 12.6. The SMILES string of the molecule is CN1CCN([C@H](CCC(=O)NC[C@H](O)[C@@H](O)[C@H](O)[C@H](O)CO)C(=O)O)Cc2cccc(n2)CN([C@H](CCC(=O)NC[C@H](O)[C@@H](O)[C@H](O)[C@H](O)CO)C(=O)O)CC1.[Mn]. The molecule has 1 aromatic rings. The first kappa shape index (κ1) is 52.0. The van der Waals surface area contributed by atoms with Gasteiger partial charge < -0.3 is 76.8 Å². The molecule has 0 aliphatic carbocycles. The van der Waals surface area contributed by atoms with Gasteiger partial charge in [-0.25, -0.2) is 0 Å². The van der Waals surface area contributed by atoms with Crippen molar-refractivity contribution >= 4 is 23.8 Å². The summed E-state index contributed by atoms with van der Waals surface area (Å²) >= 11 is 0. The van der Waals surface area contributed by atoms with Crippen molar-refractivity contribution in [3.05, 3.63) is 29.6 Å². The van der Waals surface area contributed by atoms with Crippen molar-refractivity contribution in [3.63, 3.8) is 0 Å². The zero-order valence-corrected chi connectivity index (χ0v) is 32.8. The fraction of sp³-hybridized carbons (Fsp3) is 0.735. The molecule has 1 aliphatic heterocycles. The van der Waals surface area contributed by atoms with Crippen molar-refractivity contribution in [2.45, 2.75) is 99.7 Å². The molecule has 1 aliphatic rings. The van der Waals surface area contributed by atoms with Crippen LogP contribution in [0, 0.1) is 0 Å². The van der Waals surface area contributed by atoms with Crippen LogP contribution in [-0.2, 0) is 49.3 Å². The maximum atomic E-state index is 12.6. The molecule has 0 unspecified atom stereocenters. The number of carboxylic acids is 2. The Labute approximate surface area is 339 Å². The van der Waals surface area contributed by atoms with E-state index in [1.54, 1.807) is 35.0 Å². The number of rotatable bonds is 22. The minimum Gasteiger partial charge on any atom is -0.480 e. The number of aromatic nitrogens is 1. The Morgan fingerprint density at radius 2 is 0.982 bits per heavy atom. The predicted molar refractivity (Wildman–Crippen MR) is 192 cm³/mol. The van der Waals surface area contributed by atoms with Gasteiger partial charge in [-0.15, -0.1) is 0 Å². The molecule has 2 amide bonds. The van der Waals surface area contributed by atoms with Crippen LogP contribution in [0.1, 0.15) is 37.1 Å². The molecule has 0 fully saturated rings. The van der Waals surface area contributed by atoms with Gasteiger partial charge >= 0.3 is 11.9 Å². The van der Waals surface area contributed by atoms with Gasteiger partial charge in [-0.3, -0.25) is 34.0 Å². The van der Waals surface area contributed by atoms with Crippen LogP contribution in [0.25, 0.3) is 0 Å². The minimum atomic E-state index is -1.88. The third kappa shape index (κ3) is 17.4. The number of nitrogens with zero attached hydrogens (tertiary/aromatic N) is 4. The third-order valence-electron chi connectivity index (χ3n) is 9.54. The first-order chi connectivity index (χ1) is 26.4. The number of carbonyl (C=O) groups excluding carboxylic acids is 2. The van der Waals surface area contributed by atoms with E-state index < -0.39 is 111 Å². The van der Waals surface area contributed by atoms with Crippen LogP contribution in [-0.4, -0.2) is 225 Å². The van der Waals surface area contributed by atoms with E-state index in [0.29, 0.717) is 24.5 Å². The number of carboxylic acid groups (broad SMARTS) is 2. The van der Waals surface area contributed by atoms with Crippen LogP contribution in [0.5, 0.6) is 0 Å². The zero-order valence-electron chi connectivity index (χ0n) is 31.6. The van der Waals surface area contributed by atoms with Crippen molar-refractivity contribution < 1.29 is 97.5 Å². The van der Waals surface area contributed by atoms with Crippen molar-refractivity contribution in [1.29, 1.82) is 0 Å². The van der Waals surface area contributed by atoms with E-state index in [-0.39, 0.29) is 68.9 Å². The maximum Gasteiger partial charge on any atom is 0.320 e. The van der Waals surface area contributed by atoms with Gasteiger partial charge in [0, 0.05) is 82.3 Å². The van der Waals surface area contributed by atoms with Crippen LogP contribution < -0.4 is 10.6 Å². The fourth-order valence-electron chi connectivity index (χ4n) is 5.96. The second-order valence-corrected chi connectivity index (χ2v) is 13.9. The van der Waals surface area contributed by atoms with Gasteiger partial charge in [0.2, 0.25) is 11.8 Å². The number of likely N-dealkylation sites (N-methyl/N-ethyl adjacent to an activating group) is 1. The molecule has 2 rings (SSSR count). The largest absolute Gasteiger partial charge is 0.480 e. The van der Waals surface area contributed by atoms with Gasteiger partial charge in [0.25, 0.3) is 0 Å². The Balaban J connectivity index is 0.0000162. The molecule has 0 saturated heterocycles. The predicted octanol–water partition coefficient (Wildman–Crippen LogP) is -6.80. The smallest absolute Gasteiger partial charge is 0.320 e. The zero-order chi connectivity index (χ0) is 42.1. The van der Waals surface area contributed by atoms with E-state index in [2.05, 4.69) is 15.6 Å². The molecule has 327 valence electrons. The summed E-state index contributed by atoms with van der Waals surface area (Å²) in [5, 5.41) is 122. The van der Waals surface area contributed by atoms with Gasteiger partial charge in [-0.05, 0) is 32.0 Å². The molecule has 2 heterocycles. The van der Waals surface area contributed by atoms with Crippen LogP contribution in [0.2, 0.25) is 0 Å². The van der Waals surface area contributed by atoms with Gasteiger partial charge in [0.1, 0.15) is 48.7 Å². The molecule has 22 nitrogen and oxygen atoms in total. The Bertz CT molecular complexity index is 1290. The summed E-state index contributed by atoms with van der Waals surface area (Å²) in [5.41, 5.74) is 0.927. The van der Waals surface area contributed by atoms with E-state index >= 15 is 0 Å². The second-order valence-electron chi connectivity index (χ2n) is 13.9. The molecule has 1 radical (unpaired) electrons. The summed E-state index contributed by atoms with van der Waals surface area (Å²) < 4.78 is 0.